The van der Waals surface area contributed by atoms with Crippen LogP contribution in [0.1, 0.15) is 34.1 Å². The number of carbonyl (C=O) groups is 2. The number of thiophene rings is 2. The summed E-state index contributed by atoms with van der Waals surface area (Å²) < 4.78 is 20.2. The van der Waals surface area contributed by atoms with Crippen molar-refractivity contribution in [3.63, 3.8) is 0 Å². The summed E-state index contributed by atoms with van der Waals surface area (Å²) in [5.74, 6) is 0.381. The number of anilines is 1. The van der Waals surface area contributed by atoms with Gasteiger partial charge in [0, 0.05) is 33.8 Å². The van der Waals surface area contributed by atoms with Crippen molar-refractivity contribution in [3.05, 3.63) is 56.8 Å². The number of nitrogens with zero attached hydrogens (tertiary/aromatic N) is 3. The molecule has 1 aliphatic carbocycles. The first kappa shape index (κ1) is 25.6. The molecule has 0 radical (unpaired) electrons. The number of nitrogens with one attached hydrogen (secondary N) is 1. The maximum absolute atomic E-state index is 13.4. The molecule has 37 heavy (non-hydrogen) atoms. The van der Waals surface area contributed by atoms with Crippen molar-refractivity contribution in [1.82, 2.24) is 14.8 Å². The molecule has 0 fully saturated rings. The molecule has 0 bridgehead atoms. The summed E-state index contributed by atoms with van der Waals surface area (Å²) in [5, 5.41) is 16.5. The lowest BCUT2D eigenvalue weighted by molar-refractivity contribution is -0.113. The highest BCUT2D eigenvalue weighted by atomic mass is 32.2. The number of hydrogen-bond acceptors (Lipinski definition) is 8. The zero-order valence-electron chi connectivity index (χ0n) is 20.5. The van der Waals surface area contributed by atoms with E-state index in [4.69, 9.17) is 4.74 Å². The number of ether oxygens (including phenoxy) is 1. The highest BCUT2D eigenvalue weighted by Gasteiger charge is 2.25. The second-order valence-corrected chi connectivity index (χ2v) is 11.7. The molecule has 5 rings (SSSR count). The van der Waals surface area contributed by atoms with E-state index in [0.29, 0.717) is 27.2 Å². The summed E-state index contributed by atoms with van der Waals surface area (Å²) in [6.45, 7) is 2.29. The Morgan fingerprint density at radius 1 is 1.19 bits per heavy atom. The van der Waals surface area contributed by atoms with Gasteiger partial charge in [-0.05, 0) is 48.4 Å². The monoisotopic (exact) mass is 556 g/mol. The van der Waals surface area contributed by atoms with Gasteiger partial charge in [-0.1, -0.05) is 30.8 Å². The standard InChI is InChI=1S/C26H25FN4O3S3/c1-14-4-9-17-19(12-35-20(17)10-14)23-29-30-26(31(23)2)37-13-21(32)28-24-22(25(33)34-3)18(11-36-24)15-5-7-16(27)8-6-15/h5-8,11-12,14H,4,9-10,13H2,1-3H3,(H,28,32). The number of hydrogen-bond donors (Lipinski definition) is 1. The zero-order chi connectivity index (χ0) is 26.1. The number of rotatable bonds is 7. The predicted molar refractivity (Wildman–Crippen MR) is 146 cm³/mol. The summed E-state index contributed by atoms with van der Waals surface area (Å²) in [5.41, 5.74) is 3.98. The summed E-state index contributed by atoms with van der Waals surface area (Å²) in [6, 6.07) is 5.82. The fourth-order valence-corrected chi connectivity index (χ4v) is 7.36. The Morgan fingerprint density at radius 3 is 2.70 bits per heavy atom. The van der Waals surface area contributed by atoms with Gasteiger partial charge >= 0.3 is 5.97 Å². The van der Waals surface area contributed by atoms with Crippen molar-refractivity contribution < 1.29 is 18.7 Å². The lowest BCUT2D eigenvalue weighted by Gasteiger charge is -2.18. The van der Waals surface area contributed by atoms with Gasteiger partial charge < -0.3 is 14.6 Å². The van der Waals surface area contributed by atoms with Gasteiger partial charge in [-0.3, -0.25) is 4.79 Å². The molecule has 0 aliphatic heterocycles. The summed E-state index contributed by atoms with van der Waals surface area (Å²) in [4.78, 5) is 26.8. The lowest BCUT2D eigenvalue weighted by atomic mass is 9.88. The van der Waals surface area contributed by atoms with E-state index in [1.807, 2.05) is 11.6 Å². The topological polar surface area (TPSA) is 86.1 Å². The van der Waals surface area contributed by atoms with Crippen molar-refractivity contribution in [2.75, 3.05) is 18.2 Å². The second-order valence-electron chi connectivity index (χ2n) is 8.95. The SMILES string of the molecule is COC(=O)c1c(-c2ccc(F)cc2)csc1NC(=O)CSc1nnc(-c2csc3c2CCC(C)C3)n1C. The average molecular weight is 557 g/mol. The van der Waals surface area contributed by atoms with E-state index in [1.165, 1.54) is 59.2 Å². The quantitative estimate of drug-likeness (QED) is 0.220. The summed E-state index contributed by atoms with van der Waals surface area (Å²) in [6.07, 6.45) is 3.34. The molecule has 7 nitrogen and oxygen atoms in total. The maximum atomic E-state index is 13.4. The van der Waals surface area contributed by atoms with Gasteiger partial charge in [0.2, 0.25) is 5.91 Å². The van der Waals surface area contributed by atoms with Crippen LogP contribution in [-0.4, -0.2) is 39.5 Å². The van der Waals surface area contributed by atoms with Gasteiger partial charge in [0.25, 0.3) is 0 Å². The van der Waals surface area contributed by atoms with Gasteiger partial charge in [0.05, 0.1) is 12.9 Å². The molecule has 1 aromatic carbocycles. The van der Waals surface area contributed by atoms with E-state index >= 15 is 0 Å². The molecule has 0 saturated heterocycles. The molecule has 1 amide bonds. The molecule has 4 aromatic rings. The zero-order valence-corrected chi connectivity index (χ0v) is 23.0. The molecular formula is C26H25FN4O3S3. The normalized spacial score (nSPS) is 14.9. The van der Waals surface area contributed by atoms with Crippen molar-refractivity contribution in [2.45, 2.75) is 31.3 Å². The molecule has 0 saturated carbocycles. The Kier molecular flexibility index (Phi) is 7.45. The Hall–Kier alpha value is -3.02. The van der Waals surface area contributed by atoms with E-state index in [0.717, 1.165) is 24.2 Å². The highest BCUT2D eigenvalue weighted by molar-refractivity contribution is 7.99. The predicted octanol–water partition coefficient (Wildman–Crippen LogP) is 6.05. The summed E-state index contributed by atoms with van der Waals surface area (Å²) in [7, 11) is 3.20. The third-order valence-corrected chi connectivity index (χ3v) is 9.37. The van der Waals surface area contributed by atoms with E-state index < -0.39 is 5.97 Å². The van der Waals surface area contributed by atoms with Crippen LogP contribution in [0.3, 0.4) is 0 Å². The van der Waals surface area contributed by atoms with Crippen LogP contribution in [0.2, 0.25) is 0 Å². The average Bonchev–Trinajstić information content (AvgIpc) is 3.59. The van der Waals surface area contributed by atoms with Gasteiger partial charge in [0.1, 0.15) is 16.4 Å². The van der Waals surface area contributed by atoms with Crippen molar-refractivity contribution >= 4 is 51.3 Å². The summed E-state index contributed by atoms with van der Waals surface area (Å²) >= 11 is 4.29. The maximum Gasteiger partial charge on any atom is 0.341 e. The van der Waals surface area contributed by atoms with Crippen LogP contribution in [0.5, 0.6) is 0 Å². The fourth-order valence-electron chi connectivity index (χ4n) is 4.43. The first-order valence-electron chi connectivity index (χ1n) is 11.7. The van der Waals surface area contributed by atoms with E-state index in [1.54, 1.807) is 28.8 Å². The third-order valence-electron chi connectivity index (χ3n) is 6.40. The number of amides is 1. The van der Waals surface area contributed by atoms with E-state index in [2.05, 4.69) is 27.8 Å². The Morgan fingerprint density at radius 2 is 1.95 bits per heavy atom. The van der Waals surface area contributed by atoms with Gasteiger partial charge in [-0.2, -0.15) is 0 Å². The number of benzene rings is 1. The number of aromatic nitrogens is 3. The first-order chi connectivity index (χ1) is 17.9. The van der Waals surface area contributed by atoms with Gasteiger partial charge in [-0.25, -0.2) is 9.18 Å². The minimum Gasteiger partial charge on any atom is -0.465 e. The fraction of sp³-hybridized carbons (Fsp3) is 0.308. The number of thioether (sulfide) groups is 1. The third kappa shape index (κ3) is 5.21. The smallest absolute Gasteiger partial charge is 0.341 e. The van der Waals surface area contributed by atoms with Crippen molar-refractivity contribution in [1.29, 1.82) is 0 Å². The first-order valence-corrected chi connectivity index (χ1v) is 14.5. The molecule has 3 aromatic heterocycles. The number of methoxy groups -OCH3 is 1. The molecule has 192 valence electrons. The van der Waals surface area contributed by atoms with Crippen molar-refractivity contribution in [2.24, 2.45) is 13.0 Å². The molecule has 1 unspecified atom stereocenters. The molecule has 11 heteroatoms. The Labute approximate surface area is 226 Å². The highest BCUT2D eigenvalue weighted by Crippen LogP contribution is 2.39. The van der Waals surface area contributed by atoms with Crippen LogP contribution in [0.4, 0.5) is 9.39 Å². The van der Waals surface area contributed by atoms with Crippen LogP contribution >= 0.6 is 34.4 Å². The van der Waals surface area contributed by atoms with Crippen molar-refractivity contribution in [3.8, 4) is 22.5 Å². The minimum atomic E-state index is -0.574. The van der Waals surface area contributed by atoms with E-state index in [9.17, 15) is 14.0 Å². The second kappa shape index (κ2) is 10.8. The molecule has 1 N–H and O–H groups in total. The van der Waals surface area contributed by atoms with Gasteiger partial charge in [-0.15, -0.1) is 32.9 Å². The molecule has 1 atom stereocenters. The molecule has 3 heterocycles. The number of halogens is 1. The Balaban J connectivity index is 1.29. The number of carbonyl (C=O) groups excluding carboxylic acids is 2. The molecular weight excluding hydrogens is 532 g/mol. The molecule has 1 aliphatic rings. The van der Waals surface area contributed by atoms with E-state index in [-0.39, 0.29) is 23.0 Å². The van der Waals surface area contributed by atoms with Crippen LogP contribution < -0.4 is 5.32 Å². The number of esters is 1. The van der Waals surface area contributed by atoms with Crippen LogP contribution in [0.15, 0.2) is 40.2 Å². The number of fused-ring (bicyclic) bond motifs is 1. The minimum absolute atomic E-state index is 0.0929. The largest absolute Gasteiger partial charge is 0.465 e. The molecule has 0 spiro atoms. The van der Waals surface area contributed by atoms with Gasteiger partial charge in [0.15, 0.2) is 11.0 Å². The van der Waals surface area contributed by atoms with Crippen LogP contribution in [0, 0.1) is 11.7 Å². The van der Waals surface area contributed by atoms with Crippen LogP contribution in [-0.2, 0) is 29.4 Å². The Bertz CT molecular complexity index is 1460. The lowest BCUT2D eigenvalue weighted by Crippen LogP contribution is -2.16. The van der Waals surface area contributed by atoms with Crippen LogP contribution in [0.25, 0.3) is 22.5 Å².